The maximum atomic E-state index is 14.4. The molecule has 1 aromatic heterocycles. The lowest BCUT2D eigenvalue weighted by Gasteiger charge is -2.41. The molecular formula is C24H16ClF5N4OS. The van der Waals surface area contributed by atoms with Crippen molar-refractivity contribution in [3.05, 3.63) is 76.8 Å². The van der Waals surface area contributed by atoms with Gasteiger partial charge in [-0.25, -0.2) is 31.9 Å². The highest BCUT2D eigenvalue weighted by Gasteiger charge is 2.34. The fourth-order valence-corrected chi connectivity index (χ4v) is 5.20. The van der Waals surface area contributed by atoms with Gasteiger partial charge in [0.05, 0.1) is 28.0 Å². The molecule has 1 atom stereocenters. The van der Waals surface area contributed by atoms with Crippen molar-refractivity contribution < 1.29 is 26.2 Å². The van der Waals surface area contributed by atoms with E-state index in [4.69, 9.17) is 11.6 Å². The van der Waals surface area contributed by atoms with Crippen LogP contribution in [-0.2, 0) is 10.8 Å². The van der Waals surface area contributed by atoms with E-state index in [9.17, 15) is 26.2 Å². The van der Waals surface area contributed by atoms with Crippen LogP contribution in [-0.4, -0.2) is 39.6 Å². The Bertz CT molecular complexity index is 1550. The minimum Gasteiger partial charge on any atom is -0.375 e. The Morgan fingerprint density at radius 2 is 1.67 bits per heavy atom. The van der Waals surface area contributed by atoms with Crippen molar-refractivity contribution in [2.45, 2.75) is 10.9 Å². The third kappa shape index (κ3) is 4.05. The molecule has 5 rings (SSSR count). The number of fused-ring (bicyclic) bond motifs is 1. The Balaban J connectivity index is 1.43. The summed E-state index contributed by atoms with van der Waals surface area (Å²) in [6.07, 6.45) is 2.37. The molecule has 0 spiro atoms. The van der Waals surface area contributed by atoms with Crippen molar-refractivity contribution in [1.29, 1.82) is 0 Å². The maximum Gasteiger partial charge on any atom is 0.199 e. The lowest BCUT2D eigenvalue weighted by molar-refractivity contribution is 0.398. The van der Waals surface area contributed by atoms with E-state index in [1.807, 2.05) is 0 Å². The van der Waals surface area contributed by atoms with E-state index in [0.29, 0.717) is 27.8 Å². The highest BCUT2D eigenvalue weighted by Crippen LogP contribution is 2.37. The number of anilines is 2. The lowest BCUT2D eigenvalue weighted by Crippen LogP contribution is -2.55. The number of hydrogen-bond donors (Lipinski definition) is 1. The molecule has 3 aromatic carbocycles. The summed E-state index contributed by atoms with van der Waals surface area (Å²) < 4.78 is 82.3. The lowest BCUT2D eigenvalue weighted by atomic mass is 10.0. The summed E-state index contributed by atoms with van der Waals surface area (Å²) in [4.78, 5) is 9.57. The van der Waals surface area contributed by atoms with E-state index < -0.39 is 56.5 Å². The average Bonchev–Trinajstić information content (AvgIpc) is 2.82. The van der Waals surface area contributed by atoms with Crippen molar-refractivity contribution in [3.8, 4) is 11.1 Å². The van der Waals surface area contributed by atoms with Crippen LogP contribution in [0.2, 0.25) is 5.02 Å². The molecule has 1 aliphatic rings. The van der Waals surface area contributed by atoms with Gasteiger partial charge in [0, 0.05) is 40.9 Å². The van der Waals surface area contributed by atoms with Gasteiger partial charge in [0.1, 0.15) is 22.9 Å². The van der Waals surface area contributed by atoms with Gasteiger partial charge in [-0.3, -0.25) is 4.21 Å². The molecule has 186 valence electrons. The summed E-state index contributed by atoms with van der Waals surface area (Å²) in [7, 11) is -2.12. The van der Waals surface area contributed by atoms with Crippen LogP contribution in [0.25, 0.3) is 22.0 Å². The van der Waals surface area contributed by atoms with Gasteiger partial charge in [0.25, 0.3) is 0 Å². The monoisotopic (exact) mass is 538 g/mol. The molecular weight excluding hydrogens is 523 g/mol. The van der Waals surface area contributed by atoms with Crippen molar-refractivity contribution in [1.82, 2.24) is 9.97 Å². The molecule has 0 saturated carbocycles. The average molecular weight is 539 g/mol. The molecule has 1 fully saturated rings. The van der Waals surface area contributed by atoms with E-state index in [1.54, 1.807) is 35.2 Å². The van der Waals surface area contributed by atoms with E-state index in [1.165, 1.54) is 12.4 Å². The first-order valence-electron chi connectivity index (χ1n) is 10.6. The van der Waals surface area contributed by atoms with Gasteiger partial charge in [0.2, 0.25) is 0 Å². The Hall–Kier alpha value is -3.31. The van der Waals surface area contributed by atoms with Crippen LogP contribution < -0.4 is 10.2 Å². The number of hydrogen-bond acceptors (Lipinski definition) is 5. The van der Waals surface area contributed by atoms with Gasteiger partial charge in [-0.05, 0) is 18.2 Å². The molecule has 36 heavy (non-hydrogen) atoms. The van der Waals surface area contributed by atoms with Crippen LogP contribution in [0.15, 0.2) is 47.6 Å². The normalized spacial score (nSPS) is 14.7. The van der Waals surface area contributed by atoms with Gasteiger partial charge >= 0.3 is 0 Å². The van der Waals surface area contributed by atoms with Gasteiger partial charge in [0.15, 0.2) is 23.3 Å². The van der Waals surface area contributed by atoms with E-state index in [0.717, 1.165) is 6.26 Å². The summed E-state index contributed by atoms with van der Waals surface area (Å²) in [6.45, 7) is 0.462. The Kier molecular flexibility index (Phi) is 6.29. The van der Waals surface area contributed by atoms with E-state index >= 15 is 0 Å². The Labute approximate surface area is 209 Å². The Morgan fingerprint density at radius 3 is 2.36 bits per heavy atom. The minimum atomic E-state index is -2.12. The zero-order valence-electron chi connectivity index (χ0n) is 18.5. The molecule has 1 aliphatic heterocycles. The predicted molar refractivity (Wildman–Crippen MR) is 128 cm³/mol. The molecule has 0 radical (unpaired) electrons. The smallest absolute Gasteiger partial charge is 0.199 e. The fourth-order valence-electron chi connectivity index (χ4n) is 4.16. The van der Waals surface area contributed by atoms with Gasteiger partial charge in [-0.15, -0.1) is 0 Å². The first-order chi connectivity index (χ1) is 17.2. The van der Waals surface area contributed by atoms with Crippen molar-refractivity contribution in [3.63, 3.8) is 0 Å². The summed E-state index contributed by atoms with van der Waals surface area (Å²) in [5.74, 6) is -7.28. The van der Waals surface area contributed by atoms with Crippen LogP contribution in [0, 0.1) is 29.1 Å². The predicted octanol–water partition coefficient (Wildman–Crippen LogP) is 5.68. The SMILES string of the molecule is CS(=O)c1c(F)c(F)c(F)c(F)c1NC1CN(c2ncnc3cc(-c4ccccc4F)c(Cl)cc23)C1. The molecule has 1 unspecified atom stereocenters. The second-order valence-electron chi connectivity index (χ2n) is 8.19. The topological polar surface area (TPSA) is 58.1 Å². The molecule has 0 amide bonds. The van der Waals surface area contributed by atoms with Crippen molar-refractivity contribution >= 4 is 44.8 Å². The first-order valence-corrected chi connectivity index (χ1v) is 12.5. The number of nitrogens with zero attached hydrogens (tertiary/aromatic N) is 3. The zero-order valence-corrected chi connectivity index (χ0v) is 20.0. The number of benzene rings is 3. The number of nitrogens with one attached hydrogen (secondary N) is 1. The summed E-state index contributed by atoms with van der Waals surface area (Å²) >= 11 is 6.47. The van der Waals surface area contributed by atoms with E-state index in [-0.39, 0.29) is 18.1 Å². The molecule has 5 nitrogen and oxygen atoms in total. The van der Waals surface area contributed by atoms with Gasteiger partial charge in [-0.1, -0.05) is 29.8 Å². The van der Waals surface area contributed by atoms with Crippen molar-refractivity contribution in [2.24, 2.45) is 0 Å². The zero-order chi connectivity index (χ0) is 25.7. The van der Waals surface area contributed by atoms with Gasteiger partial charge in [-0.2, -0.15) is 0 Å². The fraction of sp³-hybridized carbons (Fsp3) is 0.167. The second kappa shape index (κ2) is 9.29. The third-order valence-corrected chi connectivity index (χ3v) is 7.18. The quantitative estimate of drug-likeness (QED) is 0.201. The van der Waals surface area contributed by atoms with Crippen LogP contribution in [0.3, 0.4) is 0 Å². The molecule has 2 heterocycles. The number of aromatic nitrogens is 2. The Morgan fingerprint density at radius 1 is 0.972 bits per heavy atom. The summed E-state index contributed by atoms with van der Waals surface area (Å²) in [5, 5.41) is 3.50. The highest BCUT2D eigenvalue weighted by atomic mass is 35.5. The first kappa shape index (κ1) is 24.4. The summed E-state index contributed by atoms with van der Waals surface area (Å²) in [6, 6.07) is 8.97. The molecule has 0 bridgehead atoms. The van der Waals surface area contributed by atoms with Crippen LogP contribution in [0.1, 0.15) is 0 Å². The third-order valence-electron chi connectivity index (χ3n) is 5.91. The molecule has 4 aromatic rings. The van der Waals surface area contributed by atoms with Gasteiger partial charge < -0.3 is 10.2 Å². The van der Waals surface area contributed by atoms with E-state index in [2.05, 4.69) is 15.3 Å². The van der Waals surface area contributed by atoms with Crippen LogP contribution in [0.4, 0.5) is 33.5 Å². The van der Waals surface area contributed by atoms with Crippen LogP contribution >= 0.6 is 11.6 Å². The van der Waals surface area contributed by atoms with Crippen LogP contribution in [0.5, 0.6) is 0 Å². The maximum absolute atomic E-state index is 14.4. The molecule has 0 aliphatic carbocycles. The number of halogens is 6. The highest BCUT2D eigenvalue weighted by molar-refractivity contribution is 7.84. The number of rotatable bonds is 5. The molecule has 1 N–H and O–H groups in total. The molecule has 12 heteroatoms. The molecule has 1 saturated heterocycles. The minimum absolute atomic E-state index is 0.231. The largest absolute Gasteiger partial charge is 0.375 e. The van der Waals surface area contributed by atoms with Crippen molar-refractivity contribution in [2.75, 3.05) is 29.6 Å². The summed E-state index contributed by atoms with van der Waals surface area (Å²) in [5.41, 5.74) is 0.618. The second-order valence-corrected chi connectivity index (χ2v) is 9.91. The standard InChI is InChI=1S/C24H16ClF5N4OS/c1-36(35)23-21(30)19(28)18(27)20(29)22(23)33-11-8-34(9-11)24-14-6-15(25)13(7-17(14)31-10-32-24)12-4-2-3-5-16(12)26/h2-7,10-11,33H,8-9H2,1H3.